The van der Waals surface area contributed by atoms with E-state index in [1.54, 1.807) is 18.2 Å². The van der Waals surface area contributed by atoms with Crippen molar-refractivity contribution < 1.29 is 18.7 Å². The topological polar surface area (TPSA) is 71.3 Å². The van der Waals surface area contributed by atoms with Gasteiger partial charge in [-0.05, 0) is 24.1 Å². The van der Waals surface area contributed by atoms with Crippen molar-refractivity contribution in [3.05, 3.63) is 23.8 Å². The van der Waals surface area contributed by atoms with Crippen LogP contribution in [0.4, 0.5) is 4.39 Å². The van der Waals surface area contributed by atoms with Crippen molar-refractivity contribution in [1.29, 1.82) is 5.26 Å². The summed E-state index contributed by atoms with van der Waals surface area (Å²) in [5.74, 6) is 2.67. The zero-order valence-electron chi connectivity index (χ0n) is 11.4. The molecule has 21 heavy (non-hydrogen) atoms. The van der Waals surface area contributed by atoms with Crippen LogP contribution in [0.1, 0.15) is 12.0 Å². The summed E-state index contributed by atoms with van der Waals surface area (Å²) in [6.07, 6.45) is 5.76. The van der Waals surface area contributed by atoms with Crippen molar-refractivity contribution in [2.45, 2.75) is 12.8 Å². The molecule has 0 radical (unpaired) electrons. The molecule has 0 saturated carbocycles. The van der Waals surface area contributed by atoms with E-state index < -0.39 is 6.86 Å². The lowest BCUT2D eigenvalue weighted by atomic mass is 10.1. The lowest BCUT2D eigenvalue weighted by Crippen LogP contribution is -2.23. The Morgan fingerprint density at radius 1 is 1.38 bits per heavy atom. The summed E-state index contributed by atoms with van der Waals surface area (Å²) in [4.78, 5) is 11.4. The van der Waals surface area contributed by atoms with E-state index in [2.05, 4.69) is 11.2 Å². The van der Waals surface area contributed by atoms with Gasteiger partial charge in [0.1, 0.15) is 13.2 Å². The zero-order chi connectivity index (χ0) is 15.5. The molecule has 110 valence electrons. The summed E-state index contributed by atoms with van der Waals surface area (Å²) < 4.78 is 22.4. The third-order valence-corrected chi connectivity index (χ3v) is 2.53. The van der Waals surface area contributed by atoms with Gasteiger partial charge >= 0.3 is 0 Å². The maximum Gasteiger partial charge on any atom is 0.228 e. The Balaban J connectivity index is 2.67. The molecule has 1 rings (SSSR count). The zero-order valence-corrected chi connectivity index (χ0v) is 11.4. The number of benzene rings is 1. The molecule has 0 aliphatic rings. The summed E-state index contributed by atoms with van der Waals surface area (Å²) in [7, 11) is 0. The van der Waals surface area contributed by atoms with Gasteiger partial charge in [0.25, 0.3) is 0 Å². The number of nitrogens with one attached hydrogen (secondary N) is 1. The predicted octanol–water partition coefficient (Wildman–Crippen LogP) is 1.58. The molecular formula is C15H15FN2O3. The molecule has 0 aliphatic heterocycles. The SMILES string of the molecule is C#CCOc1ccc(CCC(=O)NCC#N)cc1OCF. The number of ether oxygens (including phenoxy) is 2. The average Bonchev–Trinajstić information content (AvgIpc) is 2.50. The molecular weight excluding hydrogens is 275 g/mol. The molecule has 1 amide bonds. The normalized spacial score (nSPS) is 9.29. The molecule has 0 unspecified atom stereocenters. The minimum absolute atomic E-state index is 0.0199. The lowest BCUT2D eigenvalue weighted by molar-refractivity contribution is -0.120. The number of alkyl halides is 1. The van der Waals surface area contributed by atoms with E-state index in [9.17, 15) is 9.18 Å². The van der Waals surface area contributed by atoms with Gasteiger partial charge in [-0.15, -0.1) is 6.42 Å². The standard InChI is InChI=1S/C15H15FN2O3/c1-2-9-20-13-5-3-12(10-14(13)21-11-16)4-6-15(19)18-8-7-17/h1,3,5,10H,4,6,8-9,11H2,(H,18,19). The number of carbonyl (C=O) groups excluding carboxylic acids is 1. The Bertz CT molecular complexity index is 561. The summed E-state index contributed by atoms with van der Waals surface area (Å²) in [5, 5.41) is 10.8. The first-order valence-corrected chi connectivity index (χ1v) is 6.23. The van der Waals surface area contributed by atoms with Crippen LogP contribution in [0.15, 0.2) is 18.2 Å². The van der Waals surface area contributed by atoms with Crippen LogP contribution < -0.4 is 14.8 Å². The minimum Gasteiger partial charge on any atom is -0.477 e. The van der Waals surface area contributed by atoms with Gasteiger partial charge in [0.2, 0.25) is 12.8 Å². The summed E-state index contributed by atoms with van der Waals surface area (Å²) in [6.45, 7) is -0.953. The number of carbonyl (C=O) groups is 1. The molecule has 0 bridgehead atoms. The summed E-state index contributed by atoms with van der Waals surface area (Å²) in [5.41, 5.74) is 0.790. The number of aryl methyl sites for hydroxylation is 1. The highest BCUT2D eigenvalue weighted by molar-refractivity contribution is 5.76. The first kappa shape index (κ1) is 16.3. The first-order valence-electron chi connectivity index (χ1n) is 6.23. The van der Waals surface area contributed by atoms with Crippen molar-refractivity contribution in [3.8, 4) is 29.9 Å². The fourth-order valence-corrected chi connectivity index (χ4v) is 1.60. The van der Waals surface area contributed by atoms with Gasteiger partial charge in [-0.25, -0.2) is 4.39 Å². The number of amides is 1. The van der Waals surface area contributed by atoms with E-state index in [4.69, 9.17) is 21.2 Å². The Labute approximate surface area is 122 Å². The smallest absolute Gasteiger partial charge is 0.228 e. The first-order chi connectivity index (χ1) is 10.2. The highest BCUT2D eigenvalue weighted by atomic mass is 19.1. The second kappa shape index (κ2) is 9.22. The maximum absolute atomic E-state index is 12.4. The quantitative estimate of drug-likeness (QED) is 0.583. The molecule has 0 aromatic heterocycles. The minimum atomic E-state index is -0.988. The maximum atomic E-state index is 12.4. The lowest BCUT2D eigenvalue weighted by Gasteiger charge is -2.11. The van der Waals surface area contributed by atoms with E-state index in [1.807, 2.05) is 6.07 Å². The molecule has 1 N–H and O–H groups in total. The molecule has 6 heteroatoms. The number of halogens is 1. The van der Waals surface area contributed by atoms with Crippen molar-refractivity contribution in [1.82, 2.24) is 5.32 Å². The van der Waals surface area contributed by atoms with Gasteiger partial charge in [-0.1, -0.05) is 12.0 Å². The Hall–Kier alpha value is -2.73. The molecule has 0 spiro atoms. The van der Waals surface area contributed by atoms with Gasteiger partial charge in [-0.3, -0.25) is 4.79 Å². The average molecular weight is 290 g/mol. The van der Waals surface area contributed by atoms with E-state index in [-0.39, 0.29) is 31.2 Å². The molecule has 0 aliphatic carbocycles. The monoisotopic (exact) mass is 290 g/mol. The number of terminal acetylenes is 1. The largest absolute Gasteiger partial charge is 0.477 e. The third kappa shape index (κ3) is 5.84. The third-order valence-electron chi connectivity index (χ3n) is 2.53. The number of nitriles is 1. The Morgan fingerprint density at radius 2 is 2.19 bits per heavy atom. The molecule has 0 saturated heterocycles. The number of rotatable bonds is 8. The van der Waals surface area contributed by atoms with Crippen LogP contribution in [-0.2, 0) is 11.2 Å². The van der Waals surface area contributed by atoms with Crippen LogP contribution >= 0.6 is 0 Å². The molecule has 0 heterocycles. The summed E-state index contributed by atoms with van der Waals surface area (Å²) >= 11 is 0. The van der Waals surface area contributed by atoms with Gasteiger partial charge in [-0.2, -0.15) is 5.26 Å². The van der Waals surface area contributed by atoms with E-state index >= 15 is 0 Å². The highest BCUT2D eigenvalue weighted by Crippen LogP contribution is 2.29. The fourth-order valence-electron chi connectivity index (χ4n) is 1.60. The second-order valence-corrected chi connectivity index (χ2v) is 3.96. The van der Waals surface area contributed by atoms with Crippen LogP contribution in [-0.4, -0.2) is 25.9 Å². The summed E-state index contributed by atoms with van der Waals surface area (Å²) in [6, 6.07) is 6.78. The Kier molecular flexibility index (Phi) is 7.17. The van der Waals surface area contributed by atoms with Gasteiger partial charge in [0.05, 0.1) is 6.07 Å². The number of hydrogen-bond acceptors (Lipinski definition) is 4. The van der Waals surface area contributed by atoms with Crippen LogP contribution in [0, 0.1) is 23.7 Å². The molecule has 5 nitrogen and oxygen atoms in total. The van der Waals surface area contributed by atoms with Crippen LogP contribution in [0.5, 0.6) is 11.5 Å². The molecule has 1 aromatic carbocycles. The van der Waals surface area contributed by atoms with Gasteiger partial charge in [0, 0.05) is 6.42 Å². The molecule has 0 atom stereocenters. The Morgan fingerprint density at radius 3 is 2.86 bits per heavy atom. The second-order valence-electron chi connectivity index (χ2n) is 3.96. The van der Waals surface area contributed by atoms with E-state index in [0.29, 0.717) is 12.2 Å². The van der Waals surface area contributed by atoms with Crippen LogP contribution in [0.3, 0.4) is 0 Å². The van der Waals surface area contributed by atoms with Gasteiger partial charge in [0.15, 0.2) is 11.5 Å². The van der Waals surface area contributed by atoms with Crippen molar-refractivity contribution in [2.24, 2.45) is 0 Å². The van der Waals surface area contributed by atoms with E-state index in [0.717, 1.165) is 5.56 Å². The number of nitrogens with zero attached hydrogens (tertiary/aromatic N) is 1. The van der Waals surface area contributed by atoms with Crippen LogP contribution in [0.2, 0.25) is 0 Å². The van der Waals surface area contributed by atoms with Gasteiger partial charge < -0.3 is 14.8 Å². The predicted molar refractivity (Wildman–Crippen MR) is 74.3 cm³/mol. The number of hydrogen-bond donors (Lipinski definition) is 1. The molecule has 0 fully saturated rings. The van der Waals surface area contributed by atoms with Crippen molar-refractivity contribution in [2.75, 3.05) is 20.0 Å². The van der Waals surface area contributed by atoms with E-state index in [1.165, 1.54) is 0 Å². The van der Waals surface area contributed by atoms with Crippen molar-refractivity contribution >= 4 is 5.91 Å². The molecule has 1 aromatic rings. The fraction of sp³-hybridized carbons (Fsp3) is 0.333. The van der Waals surface area contributed by atoms with Crippen LogP contribution in [0.25, 0.3) is 0 Å². The highest BCUT2D eigenvalue weighted by Gasteiger charge is 2.08. The van der Waals surface area contributed by atoms with Crippen molar-refractivity contribution in [3.63, 3.8) is 0 Å².